The molecule has 0 bridgehead atoms. The summed E-state index contributed by atoms with van der Waals surface area (Å²) in [5, 5.41) is 16.8. The van der Waals surface area contributed by atoms with Crippen molar-refractivity contribution in [2.75, 3.05) is 0 Å². The zero-order valence-electron chi connectivity index (χ0n) is 13.8. The van der Waals surface area contributed by atoms with Gasteiger partial charge in [-0.25, -0.2) is 9.48 Å². The Morgan fingerprint density at radius 1 is 1.38 bits per heavy atom. The van der Waals surface area contributed by atoms with Crippen LogP contribution in [0.15, 0.2) is 30.5 Å². The normalized spacial score (nSPS) is 13.3. The second kappa shape index (κ2) is 7.05. The maximum absolute atomic E-state index is 12.5. The summed E-state index contributed by atoms with van der Waals surface area (Å²) >= 11 is 6.15. The number of carbonyl (C=O) groups excluding carboxylic acids is 1. The molecule has 1 atom stereocenters. The Kier molecular flexibility index (Phi) is 5.29. The van der Waals surface area contributed by atoms with Crippen LogP contribution in [-0.2, 0) is 4.79 Å². The molecule has 2 rings (SSSR count). The third kappa shape index (κ3) is 3.59. The van der Waals surface area contributed by atoms with Crippen LogP contribution < -0.4 is 5.32 Å². The smallest absolute Gasteiger partial charge is 0.329 e. The van der Waals surface area contributed by atoms with Gasteiger partial charge in [0.05, 0.1) is 10.7 Å². The van der Waals surface area contributed by atoms with Crippen molar-refractivity contribution < 1.29 is 14.7 Å². The molecule has 0 radical (unpaired) electrons. The Bertz CT molecular complexity index is 772. The largest absolute Gasteiger partial charge is 0.480 e. The molecular weight excluding hydrogens is 330 g/mol. The van der Waals surface area contributed by atoms with Crippen molar-refractivity contribution >= 4 is 23.5 Å². The highest BCUT2D eigenvalue weighted by molar-refractivity contribution is 6.32. The van der Waals surface area contributed by atoms with Crippen LogP contribution in [0, 0.1) is 6.92 Å². The van der Waals surface area contributed by atoms with Gasteiger partial charge in [-0.3, -0.25) is 4.79 Å². The molecule has 1 aromatic heterocycles. The number of rotatable bonds is 6. The van der Waals surface area contributed by atoms with E-state index in [9.17, 15) is 14.7 Å². The molecule has 1 unspecified atom stereocenters. The summed E-state index contributed by atoms with van der Waals surface area (Å²) in [6.45, 7) is 5.11. The van der Waals surface area contributed by atoms with Gasteiger partial charge in [-0.2, -0.15) is 5.10 Å². The molecule has 7 heteroatoms. The standard InChI is InChI=1S/C17H20ClN3O3/c1-4-9-17(3,16(23)24)19-15(22)14-11(2)10-21(20-14)13-8-6-5-7-12(13)18/h5-8,10H,4,9H2,1-3H3,(H,19,22)(H,23,24). The summed E-state index contributed by atoms with van der Waals surface area (Å²) < 4.78 is 1.52. The lowest BCUT2D eigenvalue weighted by molar-refractivity contribution is -0.144. The highest BCUT2D eigenvalue weighted by Gasteiger charge is 2.35. The zero-order chi connectivity index (χ0) is 17.9. The first-order valence-electron chi connectivity index (χ1n) is 7.65. The maximum atomic E-state index is 12.5. The fraction of sp³-hybridized carbons (Fsp3) is 0.353. The van der Waals surface area contributed by atoms with E-state index < -0.39 is 17.4 Å². The Balaban J connectivity index is 2.31. The summed E-state index contributed by atoms with van der Waals surface area (Å²) in [5.74, 6) is -1.59. The van der Waals surface area contributed by atoms with Gasteiger partial charge in [-0.15, -0.1) is 0 Å². The summed E-state index contributed by atoms with van der Waals surface area (Å²) in [4.78, 5) is 24.0. The van der Waals surface area contributed by atoms with Crippen molar-refractivity contribution in [1.29, 1.82) is 0 Å². The lowest BCUT2D eigenvalue weighted by Gasteiger charge is -2.25. The molecule has 0 aliphatic heterocycles. The number of hydrogen-bond donors (Lipinski definition) is 2. The topological polar surface area (TPSA) is 84.2 Å². The van der Waals surface area contributed by atoms with Crippen molar-refractivity contribution in [3.8, 4) is 5.69 Å². The number of halogens is 1. The third-order valence-corrected chi connectivity index (χ3v) is 4.14. The fourth-order valence-electron chi connectivity index (χ4n) is 2.48. The summed E-state index contributed by atoms with van der Waals surface area (Å²) in [6.07, 6.45) is 2.66. The molecule has 0 saturated heterocycles. The van der Waals surface area contributed by atoms with Crippen molar-refractivity contribution in [2.24, 2.45) is 0 Å². The zero-order valence-corrected chi connectivity index (χ0v) is 14.6. The molecule has 24 heavy (non-hydrogen) atoms. The number of para-hydroxylation sites is 1. The molecule has 1 amide bonds. The van der Waals surface area contributed by atoms with E-state index in [4.69, 9.17) is 11.6 Å². The SMILES string of the molecule is CCCC(C)(NC(=O)c1nn(-c2ccccc2Cl)cc1C)C(=O)O. The van der Waals surface area contributed by atoms with Crippen LogP contribution in [0.5, 0.6) is 0 Å². The van der Waals surface area contributed by atoms with Gasteiger partial charge in [0.1, 0.15) is 5.54 Å². The van der Waals surface area contributed by atoms with E-state index in [1.54, 1.807) is 31.3 Å². The fourth-order valence-corrected chi connectivity index (χ4v) is 2.70. The maximum Gasteiger partial charge on any atom is 0.329 e. The number of aromatic nitrogens is 2. The van der Waals surface area contributed by atoms with Crippen molar-refractivity contribution in [2.45, 2.75) is 39.2 Å². The van der Waals surface area contributed by atoms with Gasteiger partial charge >= 0.3 is 5.97 Å². The lowest BCUT2D eigenvalue weighted by Crippen LogP contribution is -2.52. The number of aliphatic carboxylic acids is 1. The van der Waals surface area contributed by atoms with E-state index in [-0.39, 0.29) is 5.69 Å². The molecular formula is C17H20ClN3O3. The first-order valence-corrected chi connectivity index (χ1v) is 8.03. The first kappa shape index (κ1) is 18.0. The minimum absolute atomic E-state index is 0.179. The second-order valence-electron chi connectivity index (χ2n) is 5.90. The Morgan fingerprint density at radius 3 is 2.62 bits per heavy atom. The van der Waals surface area contributed by atoms with E-state index in [0.717, 1.165) is 0 Å². The summed E-state index contributed by atoms with van der Waals surface area (Å²) in [6, 6.07) is 7.14. The Morgan fingerprint density at radius 2 is 2.04 bits per heavy atom. The van der Waals surface area contributed by atoms with E-state index in [0.29, 0.717) is 29.1 Å². The number of carboxylic acid groups (broad SMARTS) is 1. The van der Waals surface area contributed by atoms with Crippen molar-refractivity contribution in [3.63, 3.8) is 0 Å². The molecule has 0 saturated carbocycles. The van der Waals surface area contributed by atoms with Crippen molar-refractivity contribution in [3.05, 3.63) is 46.7 Å². The number of nitrogens with one attached hydrogen (secondary N) is 1. The number of hydrogen-bond acceptors (Lipinski definition) is 3. The first-order chi connectivity index (χ1) is 11.3. The lowest BCUT2D eigenvalue weighted by atomic mass is 9.96. The van der Waals surface area contributed by atoms with E-state index in [1.807, 2.05) is 13.0 Å². The quantitative estimate of drug-likeness (QED) is 0.838. The van der Waals surface area contributed by atoms with Gasteiger partial charge in [0.2, 0.25) is 0 Å². The monoisotopic (exact) mass is 349 g/mol. The van der Waals surface area contributed by atoms with E-state index >= 15 is 0 Å². The van der Waals surface area contributed by atoms with Crippen LogP contribution in [0.4, 0.5) is 0 Å². The highest BCUT2D eigenvalue weighted by atomic mass is 35.5. The van der Waals surface area contributed by atoms with E-state index in [2.05, 4.69) is 10.4 Å². The van der Waals surface area contributed by atoms with Gasteiger partial charge in [0, 0.05) is 11.8 Å². The summed E-state index contributed by atoms with van der Waals surface area (Å²) in [7, 11) is 0. The van der Waals surface area contributed by atoms with Crippen LogP contribution in [-0.4, -0.2) is 32.3 Å². The van der Waals surface area contributed by atoms with E-state index in [1.165, 1.54) is 11.6 Å². The average molecular weight is 350 g/mol. The summed E-state index contributed by atoms with van der Waals surface area (Å²) in [5.41, 5.74) is 0.137. The third-order valence-electron chi connectivity index (χ3n) is 3.82. The molecule has 0 spiro atoms. The predicted octanol–water partition coefficient (Wildman–Crippen LogP) is 3.21. The number of benzene rings is 1. The minimum atomic E-state index is -1.33. The molecule has 128 valence electrons. The van der Waals surface area contributed by atoms with Crippen LogP contribution in [0.2, 0.25) is 5.02 Å². The number of aryl methyl sites for hydroxylation is 1. The molecule has 1 heterocycles. The van der Waals surface area contributed by atoms with Gasteiger partial charge in [0.25, 0.3) is 5.91 Å². The molecule has 0 aliphatic rings. The number of carbonyl (C=O) groups is 2. The number of amides is 1. The van der Waals surface area contributed by atoms with Gasteiger partial charge < -0.3 is 10.4 Å². The molecule has 0 fully saturated rings. The molecule has 2 aromatic rings. The molecule has 0 aliphatic carbocycles. The number of carboxylic acids is 1. The van der Waals surface area contributed by atoms with Gasteiger partial charge in [-0.05, 0) is 32.4 Å². The van der Waals surface area contributed by atoms with Crippen LogP contribution in [0.1, 0.15) is 42.7 Å². The highest BCUT2D eigenvalue weighted by Crippen LogP contribution is 2.21. The Hall–Kier alpha value is -2.34. The van der Waals surface area contributed by atoms with Crippen LogP contribution in [0.25, 0.3) is 5.69 Å². The Labute approximate surface area is 145 Å². The van der Waals surface area contributed by atoms with Crippen LogP contribution >= 0.6 is 11.6 Å². The molecule has 2 N–H and O–H groups in total. The van der Waals surface area contributed by atoms with Crippen molar-refractivity contribution in [1.82, 2.24) is 15.1 Å². The molecule has 6 nitrogen and oxygen atoms in total. The molecule has 1 aromatic carbocycles. The van der Waals surface area contributed by atoms with Crippen LogP contribution in [0.3, 0.4) is 0 Å². The minimum Gasteiger partial charge on any atom is -0.480 e. The predicted molar refractivity (Wildman–Crippen MR) is 91.7 cm³/mol. The van der Waals surface area contributed by atoms with Gasteiger partial charge in [0.15, 0.2) is 5.69 Å². The van der Waals surface area contributed by atoms with Gasteiger partial charge in [-0.1, -0.05) is 37.1 Å². The average Bonchev–Trinajstić information content (AvgIpc) is 2.89. The second-order valence-corrected chi connectivity index (χ2v) is 6.31. The number of nitrogens with zero attached hydrogens (tertiary/aromatic N) is 2.